The number of nitrogens with one attached hydrogen (secondary N) is 1. The van der Waals surface area contributed by atoms with E-state index in [1.165, 1.54) is 13.4 Å². The second kappa shape index (κ2) is 6.42. The number of carbonyl (C=O) groups excluding carboxylic acids is 2. The van der Waals surface area contributed by atoms with E-state index in [9.17, 15) is 9.59 Å². The van der Waals surface area contributed by atoms with E-state index < -0.39 is 18.0 Å². The van der Waals surface area contributed by atoms with Gasteiger partial charge in [0.2, 0.25) is 5.71 Å². The standard InChI is InChI=1S/C14H17N3O5/c1-5-21-14(19)9-8(3)22-12-10(9)11(15-6-16-12)17-7(2)13(18)20-4/h6-7H,5H2,1-4H3,(H,15,16,17). The average Bonchev–Trinajstić information content (AvgIpc) is 2.83. The van der Waals surface area contributed by atoms with Gasteiger partial charge in [0.25, 0.3) is 0 Å². The molecule has 0 bridgehead atoms. The van der Waals surface area contributed by atoms with Crippen molar-refractivity contribution in [3.63, 3.8) is 0 Å². The predicted octanol–water partition coefficient (Wildman–Crippen LogP) is 1.68. The molecule has 118 valence electrons. The van der Waals surface area contributed by atoms with Crippen LogP contribution in [0, 0.1) is 6.92 Å². The highest BCUT2D eigenvalue weighted by molar-refractivity contribution is 6.08. The highest BCUT2D eigenvalue weighted by Crippen LogP contribution is 2.30. The van der Waals surface area contributed by atoms with Gasteiger partial charge in [-0.25, -0.2) is 19.6 Å². The molecule has 0 saturated carbocycles. The second-order valence-corrected chi connectivity index (χ2v) is 4.55. The monoisotopic (exact) mass is 307 g/mol. The fourth-order valence-electron chi connectivity index (χ4n) is 2.04. The van der Waals surface area contributed by atoms with E-state index in [4.69, 9.17) is 9.15 Å². The Morgan fingerprint density at radius 2 is 2.14 bits per heavy atom. The summed E-state index contributed by atoms with van der Waals surface area (Å²) in [6.45, 7) is 5.21. The first-order valence-electron chi connectivity index (χ1n) is 6.75. The maximum absolute atomic E-state index is 12.1. The average molecular weight is 307 g/mol. The SMILES string of the molecule is CCOC(=O)c1c(C)oc2ncnc(NC(C)C(=O)OC)c12. The van der Waals surface area contributed by atoms with Crippen molar-refractivity contribution in [3.05, 3.63) is 17.7 Å². The quantitative estimate of drug-likeness (QED) is 0.832. The number of ether oxygens (including phenoxy) is 2. The van der Waals surface area contributed by atoms with Crippen LogP contribution >= 0.6 is 0 Å². The molecular weight excluding hydrogens is 290 g/mol. The maximum atomic E-state index is 12.1. The summed E-state index contributed by atoms with van der Waals surface area (Å²) in [6.07, 6.45) is 1.28. The van der Waals surface area contributed by atoms with Crippen molar-refractivity contribution in [1.82, 2.24) is 9.97 Å². The molecule has 0 aliphatic rings. The number of carbonyl (C=O) groups is 2. The number of methoxy groups -OCH3 is 1. The van der Waals surface area contributed by atoms with Gasteiger partial charge in [-0.15, -0.1) is 0 Å². The number of nitrogens with zero attached hydrogens (tertiary/aromatic N) is 2. The lowest BCUT2D eigenvalue weighted by Gasteiger charge is -2.12. The zero-order chi connectivity index (χ0) is 16.3. The molecule has 22 heavy (non-hydrogen) atoms. The molecule has 2 heterocycles. The van der Waals surface area contributed by atoms with Crippen LogP contribution < -0.4 is 5.32 Å². The summed E-state index contributed by atoms with van der Waals surface area (Å²) in [7, 11) is 1.29. The topological polar surface area (TPSA) is 104 Å². The van der Waals surface area contributed by atoms with Crippen molar-refractivity contribution in [2.75, 3.05) is 19.0 Å². The van der Waals surface area contributed by atoms with Crippen LogP contribution in [0.4, 0.5) is 5.82 Å². The van der Waals surface area contributed by atoms with Gasteiger partial charge in [-0.1, -0.05) is 0 Å². The molecular formula is C14H17N3O5. The van der Waals surface area contributed by atoms with E-state index in [0.29, 0.717) is 17.0 Å². The van der Waals surface area contributed by atoms with Crippen LogP contribution in [0.1, 0.15) is 30.0 Å². The summed E-state index contributed by atoms with van der Waals surface area (Å²) in [6, 6.07) is -0.645. The zero-order valence-corrected chi connectivity index (χ0v) is 12.8. The number of hydrogen-bond donors (Lipinski definition) is 1. The van der Waals surface area contributed by atoms with Crippen LogP contribution in [-0.4, -0.2) is 41.7 Å². The lowest BCUT2D eigenvalue weighted by Crippen LogP contribution is -2.27. The highest BCUT2D eigenvalue weighted by atomic mass is 16.5. The Kier molecular flexibility index (Phi) is 4.59. The van der Waals surface area contributed by atoms with Crippen LogP contribution in [0.15, 0.2) is 10.7 Å². The molecule has 0 aliphatic heterocycles. The Hall–Kier alpha value is -2.64. The summed E-state index contributed by atoms with van der Waals surface area (Å²) in [5.74, 6) is -0.294. The third kappa shape index (κ3) is 2.85. The molecule has 0 spiro atoms. The molecule has 8 nitrogen and oxygen atoms in total. The number of aryl methyl sites for hydroxylation is 1. The fraction of sp³-hybridized carbons (Fsp3) is 0.429. The molecule has 2 rings (SSSR count). The van der Waals surface area contributed by atoms with Gasteiger partial charge in [-0.3, -0.25) is 0 Å². The van der Waals surface area contributed by atoms with Crippen molar-refractivity contribution in [1.29, 1.82) is 0 Å². The number of anilines is 1. The van der Waals surface area contributed by atoms with Crippen molar-refractivity contribution >= 4 is 28.9 Å². The lowest BCUT2D eigenvalue weighted by atomic mass is 10.1. The van der Waals surface area contributed by atoms with Crippen LogP contribution in [0.25, 0.3) is 11.1 Å². The van der Waals surface area contributed by atoms with Crippen LogP contribution in [0.3, 0.4) is 0 Å². The van der Waals surface area contributed by atoms with Gasteiger partial charge in [0.15, 0.2) is 0 Å². The first kappa shape index (κ1) is 15.7. The molecule has 2 aromatic heterocycles. The van der Waals surface area contributed by atoms with E-state index in [1.807, 2.05) is 0 Å². The van der Waals surface area contributed by atoms with Gasteiger partial charge >= 0.3 is 11.9 Å². The minimum Gasteiger partial charge on any atom is -0.467 e. The molecule has 8 heteroatoms. The number of hydrogen-bond acceptors (Lipinski definition) is 8. The number of aromatic nitrogens is 2. The molecule has 0 amide bonds. The summed E-state index contributed by atoms with van der Waals surface area (Å²) < 4.78 is 15.2. The molecule has 0 saturated heterocycles. The molecule has 0 aliphatic carbocycles. The molecule has 1 unspecified atom stereocenters. The zero-order valence-electron chi connectivity index (χ0n) is 12.8. The third-order valence-corrected chi connectivity index (χ3v) is 3.05. The third-order valence-electron chi connectivity index (χ3n) is 3.05. The number of fused-ring (bicyclic) bond motifs is 1. The largest absolute Gasteiger partial charge is 0.467 e. The Morgan fingerprint density at radius 1 is 1.41 bits per heavy atom. The van der Waals surface area contributed by atoms with Crippen molar-refractivity contribution < 1.29 is 23.5 Å². The van der Waals surface area contributed by atoms with E-state index in [2.05, 4.69) is 20.0 Å². The van der Waals surface area contributed by atoms with Gasteiger partial charge in [0.05, 0.1) is 19.1 Å². The summed E-state index contributed by atoms with van der Waals surface area (Å²) in [5.41, 5.74) is 0.493. The van der Waals surface area contributed by atoms with Gasteiger partial charge in [-0.2, -0.15) is 0 Å². The predicted molar refractivity (Wildman–Crippen MR) is 77.6 cm³/mol. The smallest absolute Gasteiger partial charge is 0.342 e. The van der Waals surface area contributed by atoms with E-state index >= 15 is 0 Å². The second-order valence-electron chi connectivity index (χ2n) is 4.55. The molecule has 0 aromatic carbocycles. The summed E-state index contributed by atoms with van der Waals surface area (Å²) in [5, 5.41) is 3.28. The Balaban J connectivity index is 2.51. The Morgan fingerprint density at radius 3 is 2.77 bits per heavy atom. The maximum Gasteiger partial charge on any atom is 0.342 e. The van der Waals surface area contributed by atoms with E-state index in [0.717, 1.165) is 0 Å². The molecule has 2 aromatic rings. The first-order chi connectivity index (χ1) is 10.5. The normalized spacial score (nSPS) is 12.0. The van der Waals surface area contributed by atoms with E-state index in [-0.39, 0.29) is 17.9 Å². The van der Waals surface area contributed by atoms with Gasteiger partial charge in [-0.05, 0) is 20.8 Å². The minimum atomic E-state index is -0.645. The highest BCUT2D eigenvalue weighted by Gasteiger charge is 2.25. The Labute approximate surface area is 126 Å². The van der Waals surface area contributed by atoms with Gasteiger partial charge in [0.1, 0.15) is 29.5 Å². The molecule has 0 fully saturated rings. The molecule has 1 atom stereocenters. The number of rotatable bonds is 5. The molecule has 1 N–H and O–H groups in total. The Bertz CT molecular complexity index is 710. The van der Waals surface area contributed by atoms with Crippen LogP contribution in [0.2, 0.25) is 0 Å². The van der Waals surface area contributed by atoms with Gasteiger partial charge < -0.3 is 19.2 Å². The van der Waals surface area contributed by atoms with Crippen LogP contribution in [-0.2, 0) is 14.3 Å². The number of esters is 2. The van der Waals surface area contributed by atoms with Gasteiger partial charge in [0, 0.05) is 0 Å². The summed E-state index contributed by atoms with van der Waals surface area (Å²) >= 11 is 0. The lowest BCUT2D eigenvalue weighted by molar-refractivity contribution is -0.141. The minimum absolute atomic E-state index is 0.236. The van der Waals surface area contributed by atoms with E-state index in [1.54, 1.807) is 20.8 Å². The fourth-order valence-corrected chi connectivity index (χ4v) is 2.04. The number of furan rings is 1. The van der Waals surface area contributed by atoms with Crippen molar-refractivity contribution in [2.24, 2.45) is 0 Å². The molecule has 0 radical (unpaired) electrons. The van der Waals surface area contributed by atoms with Crippen molar-refractivity contribution in [3.8, 4) is 0 Å². The van der Waals surface area contributed by atoms with Crippen molar-refractivity contribution in [2.45, 2.75) is 26.8 Å². The van der Waals surface area contributed by atoms with Crippen LogP contribution in [0.5, 0.6) is 0 Å². The first-order valence-corrected chi connectivity index (χ1v) is 6.75. The summed E-state index contributed by atoms with van der Waals surface area (Å²) in [4.78, 5) is 31.7.